The molecule has 2 N–H and O–H groups in total. The van der Waals surface area contributed by atoms with Crippen LogP contribution in [-0.4, -0.2) is 34.6 Å². The van der Waals surface area contributed by atoms with Crippen molar-refractivity contribution in [3.05, 3.63) is 0 Å². The Kier molecular flexibility index (Phi) is 4.29. The zero-order valence-electron chi connectivity index (χ0n) is 9.22. The van der Waals surface area contributed by atoms with Crippen molar-refractivity contribution >= 4 is 40.9 Å². The summed E-state index contributed by atoms with van der Waals surface area (Å²) in [4.78, 5) is 11.5. The minimum absolute atomic E-state index is 0.164. The zero-order chi connectivity index (χ0) is 12.5. The summed E-state index contributed by atoms with van der Waals surface area (Å²) in [6.07, 6.45) is 3.75. The van der Waals surface area contributed by atoms with E-state index in [1.165, 1.54) is 12.8 Å². The predicted octanol–water partition coefficient (Wildman–Crippen LogP) is 2.37. The lowest BCUT2D eigenvalue weighted by atomic mass is 10.0. The Morgan fingerprint density at radius 2 is 1.88 bits per heavy atom. The number of nitrogens with one attached hydrogen (secondary N) is 2. The molecule has 0 radical (unpaired) electrons. The molecule has 0 aromatic heterocycles. The van der Waals surface area contributed by atoms with Crippen LogP contribution in [-0.2, 0) is 4.74 Å². The first-order chi connectivity index (χ1) is 7.92. The number of alkyl carbamates (subject to hydrolysis) is 1. The third-order valence-electron chi connectivity index (χ3n) is 3.16. The van der Waals surface area contributed by atoms with E-state index in [4.69, 9.17) is 39.5 Å². The SMILES string of the molecule is O=C(N[C@@H]1C[C@H]2CC[C@@H](C1)N2)OCC(Cl)(Cl)Cl. The second-order valence-corrected chi connectivity index (χ2v) is 7.16. The van der Waals surface area contributed by atoms with Crippen molar-refractivity contribution in [2.45, 2.75) is 47.6 Å². The van der Waals surface area contributed by atoms with E-state index in [1.54, 1.807) is 0 Å². The van der Waals surface area contributed by atoms with Gasteiger partial charge in [0.2, 0.25) is 3.79 Å². The Hall–Kier alpha value is 0.1000. The monoisotopic (exact) mass is 300 g/mol. The molecule has 3 atom stereocenters. The number of rotatable bonds is 2. The van der Waals surface area contributed by atoms with Gasteiger partial charge in [-0.25, -0.2) is 4.79 Å². The highest BCUT2D eigenvalue weighted by Crippen LogP contribution is 2.27. The molecule has 1 amide bonds. The van der Waals surface area contributed by atoms with Gasteiger partial charge in [0, 0.05) is 18.1 Å². The van der Waals surface area contributed by atoms with Crippen LogP contribution in [0.5, 0.6) is 0 Å². The van der Waals surface area contributed by atoms with Crippen molar-refractivity contribution in [2.75, 3.05) is 6.61 Å². The number of halogens is 3. The highest BCUT2D eigenvalue weighted by atomic mass is 35.6. The Morgan fingerprint density at radius 3 is 2.41 bits per heavy atom. The van der Waals surface area contributed by atoms with E-state index in [0.717, 1.165) is 12.8 Å². The number of carbonyl (C=O) groups is 1. The lowest BCUT2D eigenvalue weighted by molar-refractivity contribution is 0.140. The van der Waals surface area contributed by atoms with Crippen molar-refractivity contribution < 1.29 is 9.53 Å². The average Bonchev–Trinajstić information content (AvgIpc) is 2.54. The lowest BCUT2D eigenvalue weighted by Crippen LogP contribution is -2.48. The molecule has 2 fully saturated rings. The van der Waals surface area contributed by atoms with Gasteiger partial charge >= 0.3 is 6.09 Å². The van der Waals surface area contributed by atoms with Crippen LogP contribution >= 0.6 is 34.8 Å². The van der Waals surface area contributed by atoms with E-state index in [0.29, 0.717) is 12.1 Å². The molecule has 7 heteroatoms. The fraction of sp³-hybridized carbons (Fsp3) is 0.900. The molecule has 2 bridgehead atoms. The summed E-state index contributed by atoms with van der Waals surface area (Å²) >= 11 is 16.5. The fourth-order valence-corrected chi connectivity index (χ4v) is 2.69. The Morgan fingerprint density at radius 1 is 1.29 bits per heavy atom. The van der Waals surface area contributed by atoms with Gasteiger partial charge in [0.1, 0.15) is 6.61 Å². The highest BCUT2D eigenvalue weighted by molar-refractivity contribution is 6.67. The number of alkyl halides is 3. The molecule has 2 heterocycles. The molecular weight excluding hydrogens is 286 g/mol. The number of ether oxygens (including phenoxy) is 1. The number of piperidine rings is 1. The molecule has 2 aliphatic heterocycles. The smallest absolute Gasteiger partial charge is 0.407 e. The van der Waals surface area contributed by atoms with Gasteiger partial charge in [0.15, 0.2) is 0 Å². The van der Waals surface area contributed by atoms with Crippen molar-refractivity contribution in [3.8, 4) is 0 Å². The molecule has 0 saturated carbocycles. The van der Waals surface area contributed by atoms with E-state index >= 15 is 0 Å². The molecule has 0 spiro atoms. The molecule has 98 valence electrons. The van der Waals surface area contributed by atoms with E-state index in [2.05, 4.69) is 10.6 Å². The molecule has 0 aliphatic carbocycles. The van der Waals surface area contributed by atoms with Crippen LogP contribution in [0.15, 0.2) is 0 Å². The summed E-state index contributed by atoms with van der Waals surface area (Å²) in [7, 11) is 0. The molecule has 17 heavy (non-hydrogen) atoms. The van der Waals surface area contributed by atoms with Crippen LogP contribution in [0, 0.1) is 0 Å². The molecule has 0 unspecified atom stereocenters. The number of carbonyl (C=O) groups excluding carboxylic acids is 1. The second-order valence-electron chi connectivity index (χ2n) is 4.64. The quantitative estimate of drug-likeness (QED) is 0.770. The van der Waals surface area contributed by atoms with Crippen LogP contribution in [0.4, 0.5) is 4.79 Å². The van der Waals surface area contributed by atoms with Crippen LogP contribution < -0.4 is 10.6 Å². The molecule has 2 aliphatic rings. The normalized spacial score (nSPS) is 32.3. The minimum atomic E-state index is -1.55. The van der Waals surface area contributed by atoms with E-state index < -0.39 is 9.89 Å². The van der Waals surface area contributed by atoms with Crippen LogP contribution in [0.3, 0.4) is 0 Å². The molecule has 4 nitrogen and oxygen atoms in total. The van der Waals surface area contributed by atoms with Crippen molar-refractivity contribution in [3.63, 3.8) is 0 Å². The Labute approximate surface area is 115 Å². The van der Waals surface area contributed by atoms with E-state index in [1.807, 2.05) is 0 Å². The summed E-state index contributed by atoms with van der Waals surface area (Å²) in [5.41, 5.74) is 0. The molecule has 2 saturated heterocycles. The number of hydrogen-bond acceptors (Lipinski definition) is 3. The number of fused-ring (bicyclic) bond motifs is 2. The zero-order valence-corrected chi connectivity index (χ0v) is 11.5. The Bertz CT molecular complexity index is 284. The Balaban J connectivity index is 1.72. The third-order valence-corrected chi connectivity index (χ3v) is 3.49. The number of hydrogen-bond donors (Lipinski definition) is 2. The molecule has 0 aromatic carbocycles. The third kappa shape index (κ3) is 4.36. The molecular formula is C10H15Cl3N2O2. The minimum Gasteiger partial charge on any atom is -0.445 e. The topological polar surface area (TPSA) is 50.4 Å². The summed E-state index contributed by atoms with van der Waals surface area (Å²) in [5.74, 6) is 0. The summed E-state index contributed by atoms with van der Waals surface area (Å²) in [6, 6.07) is 1.20. The lowest BCUT2D eigenvalue weighted by Gasteiger charge is -2.29. The molecule has 2 rings (SSSR count). The van der Waals surface area contributed by atoms with Gasteiger partial charge in [-0.15, -0.1) is 0 Å². The van der Waals surface area contributed by atoms with Gasteiger partial charge in [0.05, 0.1) is 0 Å². The average molecular weight is 302 g/mol. The van der Waals surface area contributed by atoms with Gasteiger partial charge in [-0.1, -0.05) is 34.8 Å². The van der Waals surface area contributed by atoms with Crippen LogP contribution in [0.2, 0.25) is 0 Å². The standard InChI is InChI=1S/C10H15Cl3N2O2/c11-10(12,13)5-17-9(16)15-8-3-6-1-2-7(4-8)14-6/h6-8,14H,1-5H2,(H,15,16)/t6-,7+,8-. The van der Waals surface area contributed by atoms with Gasteiger partial charge in [-0.3, -0.25) is 0 Å². The maximum Gasteiger partial charge on any atom is 0.407 e. The van der Waals surface area contributed by atoms with Crippen molar-refractivity contribution in [2.24, 2.45) is 0 Å². The van der Waals surface area contributed by atoms with E-state index in [9.17, 15) is 4.79 Å². The summed E-state index contributed by atoms with van der Waals surface area (Å²) in [6.45, 7) is -0.235. The van der Waals surface area contributed by atoms with Gasteiger partial charge in [-0.2, -0.15) is 0 Å². The van der Waals surface area contributed by atoms with Crippen molar-refractivity contribution in [1.29, 1.82) is 0 Å². The second kappa shape index (κ2) is 5.39. The van der Waals surface area contributed by atoms with Gasteiger partial charge in [-0.05, 0) is 25.7 Å². The summed E-state index contributed by atoms with van der Waals surface area (Å²) < 4.78 is 3.28. The molecule has 0 aromatic rings. The fourth-order valence-electron chi connectivity index (χ4n) is 2.53. The highest BCUT2D eigenvalue weighted by Gasteiger charge is 2.34. The maximum atomic E-state index is 11.5. The van der Waals surface area contributed by atoms with Crippen LogP contribution in [0.1, 0.15) is 25.7 Å². The number of amides is 1. The largest absolute Gasteiger partial charge is 0.445 e. The first-order valence-electron chi connectivity index (χ1n) is 5.68. The first kappa shape index (κ1) is 13.5. The van der Waals surface area contributed by atoms with Gasteiger partial charge < -0.3 is 15.4 Å². The van der Waals surface area contributed by atoms with Crippen molar-refractivity contribution in [1.82, 2.24) is 10.6 Å². The first-order valence-corrected chi connectivity index (χ1v) is 6.82. The maximum absolute atomic E-state index is 11.5. The van der Waals surface area contributed by atoms with E-state index in [-0.39, 0.29) is 12.6 Å². The predicted molar refractivity (Wildman–Crippen MR) is 67.7 cm³/mol. The van der Waals surface area contributed by atoms with Gasteiger partial charge in [0.25, 0.3) is 0 Å². The summed E-state index contributed by atoms with van der Waals surface area (Å²) in [5, 5.41) is 6.31. The van der Waals surface area contributed by atoms with Crippen LogP contribution in [0.25, 0.3) is 0 Å².